The fourth-order valence-corrected chi connectivity index (χ4v) is 11.8. The zero-order chi connectivity index (χ0) is 57.4. The van der Waals surface area contributed by atoms with Crippen molar-refractivity contribution >= 4 is 125 Å². The first kappa shape index (κ1) is 52.6. The molecule has 0 saturated carbocycles. The van der Waals surface area contributed by atoms with Crippen LogP contribution in [-0.2, 0) is 0 Å². The van der Waals surface area contributed by atoms with Gasteiger partial charge in [-0.15, -0.1) is 0 Å². The molecular formula is C82H60N4. The van der Waals surface area contributed by atoms with Crippen molar-refractivity contribution < 1.29 is 0 Å². The molecule has 0 heterocycles. The molecule has 0 spiro atoms. The van der Waals surface area contributed by atoms with Gasteiger partial charge >= 0.3 is 0 Å². The van der Waals surface area contributed by atoms with Crippen LogP contribution in [0.5, 0.6) is 0 Å². The Morgan fingerprint density at radius 3 is 0.616 bits per heavy atom. The second-order valence-electron chi connectivity index (χ2n) is 21.4. The summed E-state index contributed by atoms with van der Waals surface area (Å²) in [6.45, 7) is 0. The molecule has 14 aromatic rings. The normalized spacial score (nSPS) is 11.4. The highest BCUT2D eigenvalue weighted by atomic mass is 15.2. The second kappa shape index (κ2) is 24.2. The van der Waals surface area contributed by atoms with Gasteiger partial charge in [0.05, 0.1) is 11.4 Å². The quantitative estimate of drug-likeness (QED) is 0.0543. The van der Waals surface area contributed by atoms with Gasteiger partial charge in [0.25, 0.3) is 0 Å². The molecular weight excluding hydrogens is 1040 g/mol. The number of nitrogens with zero attached hydrogens (tertiary/aromatic N) is 4. The minimum Gasteiger partial charge on any atom is -0.311 e. The van der Waals surface area contributed by atoms with Gasteiger partial charge in [0.1, 0.15) is 0 Å². The van der Waals surface area contributed by atoms with Crippen LogP contribution in [0.3, 0.4) is 0 Å². The minimum atomic E-state index is 1.06. The van der Waals surface area contributed by atoms with Gasteiger partial charge in [0, 0.05) is 78.4 Å². The molecule has 0 atom stereocenters. The van der Waals surface area contributed by atoms with Crippen LogP contribution in [0.15, 0.2) is 340 Å². The first-order valence-corrected chi connectivity index (χ1v) is 29.3. The number of rotatable bonds is 16. The van der Waals surface area contributed by atoms with Crippen molar-refractivity contribution in [2.24, 2.45) is 0 Å². The average Bonchev–Trinajstić information content (AvgIpc) is 0.772. The van der Waals surface area contributed by atoms with Crippen molar-refractivity contribution in [1.82, 2.24) is 0 Å². The van der Waals surface area contributed by atoms with Crippen molar-refractivity contribution in [2.75, 3.05) is 19.6 Å². The number of hydrogen-bond donors (Lipinski definition) is 0. The van der Waals surface area contributed by atoms with Crippen molar-refractivity contribution in [1.29, 1.82) is 0 Å². The van der Waals surface area contributed by atoms with Gasteiger partial charge in [0.15, 0.2) is 0 Å². The summed E-state index contributed by atoms with van der Waals surface area (Å²) in [5, 5.41) is 6.93. The van der Waals surface area contributed by atoms with E-state index in [1.54, 1.807) is 0 Å². The Kier molecular flexibility index (Phi) is 14.8. The third kappa shape index (κ3) is 10.9. The van der Waals surface area contributed by atoms with E-state index in [-0.39, 0.29) is 0 Å². The van der Waals surface area contributed by atoms with Crippen LogP contribution in [-0.4, -0.2) is 0 Å². The van der Waals surface area contributed by atoms with E-state index in [0.29, 0.717) is 0 Å². The van der Waals surface area contributed by atoms with Crippen LogP contribution in [0.1, 0.15) is 22.3 Å². The first-order chi connectivity index (χ1) is 42.7. The molecule has 86 heavy (non-hydrogen) atoms. The lowest BCUT2D eigenvalue weighted by Crippen LogP contribution is -2.14. The van der Waals surface area contributed by atoms with E-state index < -0.39 is 0 Å². The maximum atomic E-state index is 2.45. The summed E-state index contributed by atoms with van der Waals surface area (Å²) in [7, 11) is 0. The van der Waals surface area contributed by atoms with Crippen LogP contribution in [0, 0.1) is 0 Å². The predicted molar refractivity (Wildman–Crippen MR) is 368 cm³/mol. The van der Waals surface area contributed by atoms with Gasteiger partial charge in [-0.2, -0.15) is 0 Å². The van der Waals surface area contributed by atoms with Gasteiger partial charge in [-0.1, -0.05) is 231 Å². The highest BCUT2D eigenvalue weighted by Crippen LogP contribution is 2.52. The maximum Gasteiger partial charge on any atom is 0.0620 e. The zero-order valence-electron chi connectivity index (χ0n) is 47.4. The molecule has 4 heteroatoms. The summed E-state index contributed by atoms with van der Waals surface area (Å²) in [6.07, 6.45) is 8.80. The molecule has 0 unspecified atom stereocenters. The number of para-hydroxylation sites is 6. The van der Waals surface area contributed by atoms with Gasteiger partial charge in [-0.25, -0.2) is 0 Å². The fourth-order valence-electron chi connectivity index (χ4n) is 11.8. The Bertz CT molecular complexity index is 4250. The summed E-state index contributed by atoms with van der Waals surface area (Å²) in [5.74, 6) is 0. The first-order valence-electron chi connectivity index (χ1n) is 29.3. The standard InChI is InChI=1S/C82H60N4/c1-7-25-67(26-8-1)83(68-27-9-2-10-28-68)73-51-43-61(44-52-73)39-41-63-47-55-75(56-48-63)85(71-33-15-5-16-34-71)81-77-37-21-22-38-78(77)82(80-60-66-24-20-19-23-65(66)59-79(80)81)86(72-35-17-6-18-36-72)76-57-49-64(50-58-76)42-40-62-45-53-74(54-46-62)84(69-29-11-3-12-30-69)70-31-13-4-14-32-70/h1-60H. The molecule has 0 bridgehead atoms. The molecule has 4 nitrogen and oxygen atoms in total. The van der Waals surface area contributed by atoms with Crippen LogP contribution in [0.25, 0.3) is 56.6 Å². The maximum absolute atomic E-state index is 2.45. The monoisotopic (exact) mass is 1100 g/mol. The summed E-state index contributed by atoms with van der Waals surface area (Å²) < 4.78 is 0. The van der Waals surface area contributed by atoms with E-state index >= 15 is 0 Å². The van der Waals surface area contributed by atoms with Crippen LogP contribution in [0.4, 0.5) is 68.2 Å². The summed E-state index contributed by atoms with van der Waals surface area (Å²) in [4.78, 5) is 9.48. The Hall–Kier alpha value is -11.5. The molecule has 0 radical (unpaired) electrons. The largest absolute Gasteiger partial charge is 0.311 e. The molecule has 0 aliphatic heterocycles. The predicted octanol–water partition coefficient (Wildman–Crippen LogP) is 23.4. The van der Waals surface area contributed by atoms with E-state index in [4.69, 9.17) is 0 Å². The van der Waals surface area contributed by atoms with Crippen molar-refractivity contribution in [3.05, 3.63) is 362 Å². The Morgan fingerprint density at radius 1 is 0.163 bits per heavy atom. The van der Waals surface area contributed by atoms with Gasteiger partial charge < -0.3 is 19.6 Å². The summed E-state index contributed by atoms with van der Waals surface area (Å²) in [5.41, 5.74) is 17.7. The Balaban J connectivity index is 0.823. The molecule has 0 saturated heterocycles. The number of anilines is 12. The molecule has 0 amide bonds. The highest BCUT2D eigenvalue weighted by molar-refractivity contribution is 6.25. The summed E-state index contributed by atoms with van der Waals surface area (Å²) in [6, 6.07) is 122. The molecule has 14 rings (SSSR count). The number of fused-ring (bicyclic) bond motifs is 3. The Labute approximate surface area is 503 Å². The van der Waals surface area contributed by atoms with Crippen molar-refractivity contribution in [2.45, 2.75) is 0 Å². The summed E-state index contributed by atoms with van der Waals surface area (Å²) >= 11 is 0. The van der Waals surface area contributed by atoms with Gasteiger partial charge in [-0.05, 0) is 166 Å². The molecule has 0 aliphatic rings. The molecule has 0 fully saturated rings. The number of hydrogen-bond acceptors (Lipinski definition) is 4. The highest BCUT2D eigenvalue weighted by Gasteiger charge is 2.26. The van der Waals surface area contributed by atoms with Crippen molar-refractivity contribution in [3.63, 3.8) is 0 Å². The van der Waals surface area contributed by atoms with Gasteiger partial charge in [0.2, 0.25) is 0 Å². The van der Waals surface area contributed by atoms with E-state index in [0.717, 1.165) is 112 Å². The minimum absolute atomic E-state index is 1.06. The van der Waals surface area contributed by atoms with E-state index in [2.05, 4.69) is 384 Å². The lowest BCUT2D eigenvalue weighted by molar-refractivity contribution is 1.28. The molecule has 14 aromatic carbocycles. The average molecular weight is 1100 g/mol. The third-order valence-corrected chi connectivity index (χ3v) is 15.9. The smallest absolute Gasteiger partial charge is 0.0620 e. The fraction of sp³-hybridized carbons (Fsp3) is 0. The zero-order valence-corrected chi connectivity index (χ0v) is 47.4. The SMILES string of the molecule is C(=Cc1ccc(N(c2ccccc2)c2c3ccccc3c(N(c3ccccc3)c3ccc(C=Cc4ccc(N(c5ccccc5)c5ccccc5)cc4)cc3)c3cc4ccccc4cc23)cc1)c1ccc(N(c2ccccc2)c2ccccc2)cc1. The van der Waals surface area contributed by atoms with Crippen LogP contribution in [0.2, 0.25) is 0 Å². The molecule has 0 aliphatic carbocycles. The topological polar surface area (TPSA) is 13.0 Å². The van der Waals surface area contributed by atoms with E-state index in [9.17, 15) is 0 Å². The Morgan fingerprint density at radius 2 is 0.360 bits per heavy atom. The van der Waals surface area contributed by atoms with E-state index in [1.807, 2.05) is 0 Å². The van der Waals surface area contributed by atoms with E-state index in [1.165, 1.54) is 10.8 Å². The third-order valence-electron chi connectivity index (χ3n) is 15.9. The molecule has 0 N–H and O–H groups in total. The number of benzene rings is 14. The van der Waals surface area contributed by atoms with Gasteiger partial charge in [-0.3, -0.25) is 0 Å². The lowest BCUT2D eigenvalue weighted by atomic mass is 9.93. The lowest BCUT2D eigenvalue weighted by Gasteiger charge is -2.33. The molecule has 408 valence electrons. The molecule has 0 aromatic heterocycles. The van der Waals surface area contributed by atoms with Crippen LogP contribution >= 0.6 is 0 Å². The second-order valence-corrected chi connectivity index (χ2v) is 21.4. The van der Waals surface area contributed by atoms with Crippen molar-refractivity contribution in [3.8, 4) is 0 Å². The van der Waals surface area contributed by atoms with Crippen LogP contribution < -0.4 is 19.6 Å².